The average Bonchev–Trinajstić information content (AvgIpc) is 1.67. The van der Waals surface area contributed by atoms with E-state index in [0.717, 1.165) is 0 Å². The molecular formula is C5H9FO2. The van der Waals surface area contributed by atoms with Crippen LogP contribution in [-0.4, -0.2) is 18.9 Å². The monoisotopic (exact) mass is 120 g/mol. The smallest absolute Gasteiger partial charge is 0.158 e. The summed E-state index contributed by atoms with van der Waals surface area (Å²) in [5, 5.41) is 0. The Bertz CT molecular complexity index is 67.0. The molecule has 1 rings (SSSR count). The van der Waals surface area contributed by atoms with Gasteiger partial charge in [0.05, 0.1) is 0 Å². The Morgan fingerprint density at radius 1 is 1.75 bits per heavy atom. The molecule has 0 aromatic heterocycles. The first-order valence-electron chi connectivity index (χ1n) is 2.69. The zero-order chi connectivity index (χ0) is 6.04. The van der Waals surface area contributed by atoms with E-state index in [0.29, 0.717) is 13.0 Å². The van der Waals surface area contributed by atoms with Crippen LogP contribution in [0.1, 0.15) is 13.3 Å². The molecule has 0 aromatic carbocycles. The van der Waals surface area contributed by atoms with E-state index in [1.165, 1.54) is 0 Å². The van der Waals surface area contributed by atoms with Gasteiger partial charge in [0.15, 0.2) is 5.60 Å². The average molecular weight is 120 g/mol. The predicted octanol–water partition coefficient (Wildman–Crippen LogP) is 1.07. The largest absolute Gasteiger partial charge is 0.248 e. The van der Waals surface area contributed by atoms with Gasteiger partial charge in [-0.1, -0.05) is 6.92 Å². The molecule has 0 aromatic rings. The summed E-state index contributed by atoms with van der Waals surface area (Å²) in [6, 6.07) is 0. The van der Waals surface area contributed by atoms with Crippen LogP contribution < -0.4 is 0 Å². The van der Waals surface area contributed by atoms with Gasteiger partial charge in [0.2, 0.25) is 0 Å². The third-order valence-corrected chi connectivity index (χ3v) is 1.45. The molecule has 1 aliphatic rings. The molecule has 1 fully saturated rings. The normalized spacial score (nSPS) is 36.8. The van der Waals surface area contributed by atoms with Crippen molar-refractivity contribution in [3.63, 3.8) is 0 Å². The fourth-order valence-electron chi connectivity index (χ4n) is 0.542. The lowest BCUT2D eigenvalue weighted by molar-refractivity contribution is -0.473. The summed E-state index contributed by atoms with van der Waals surface area (Å²) in [5.41, 5.74) is -0.583. The highest BCUT2D eigenvalue weighted by atomic mass is 19.1. The van der Waals surface area contributed by atoms with Crippen molar-refractivity contribution in [1.82, 2.24) is 0 Å². The number of hydrogen-bond donors (Lipinski definition) is 0. The van der Waals surface area contributed by atoms with Gasteiger partial charge < -0.3 is 0 Å². The molecule has 0 bridgehead atoms. The number of alkyl halides is 1. The highest BCUT2D eigenvalue weighted by Crippen LogP contribution is 2.25. The predicted molar refractivity (Wildman–Crippen MR) is 26.0 cm³/mol. The second-order valence-corrected chi connectivity index (χ2v) is 2.02. The van der Waals surface area contributed by atoms with E-state index in [1.807, 2.05) is 6.92 Å². The van der Waals surface area contributed by atoms with Crippen LogP contribution >= 0.6 is 0 Å². The van der Waals surface area contributed by atoms with E-state index in [-0.39, 0.29) is 0 Å². The van der Waals surface area contributed by atoms with Crippen molar-refractivity contribution in [2.24, 2.45) is 0 Å². The number of halogens is 1. The van der Waals surface area contributed by atoms with E-state index in [2.05, 4.69) is 9.78 Å². The molecule has 2 nitrogen and oxygen atoms in total. The van der Waals surface area contributed by atoms with Gasteiger partial charge >= 0.3 is 0 Å². The van der Waals surface area contributed by atoms with Gasteiger partial charge in [-0.2, -0.15) is 0 Å². The molecule has 0 amide bonds. The number of hydrogen-bond acceptors (Lipinski definition) is 2. The van der Waals surface area contributed by atoms with Crippen LogP contribution in [0.15, 0.2) is 0 Å². The molecule has 0 saturated carbocycles. The van der Waals surface area contributed by atoms with Crippen LogP contribution in [0.5, 0.6) is 0 Å². The molecule has 1 saturated heterocycles. The highest BCUT2D eigenvalue weighted by molar-refractivity contribution is 4.80. The Morgan fingerprint density at radius 2 is 2.38 bits per heavy atom. The fraction of sp³-hybridized carbons (Fsp3) is 1.00. The van der Waals surface area contributed by atoms with E-state index >= 15 is 0 Å². The Kier molecular flexibility index (Phi) is 1.49. The first kappa shape index (κ1) is 5.98. The lowest BCUT2D eigenvalue weighted by atomic mass is 10.0. The molecule has 0 radical (unpaired) electrons. The SMILES string of the molecule is CCC1(CF)COO1. The molecule has 0 aliphatic carbocycles. The van der Waals surface area contributed by atoms with Crippen molar-refractivity contribution in [2.45, 2.75) is 18.9 Å². The second-order valence-electron chi connectivity index (χ2n) is 2.02. The van der Waals surface area contributed by atoms with Crippen molar-refractivity contribution in [1.29, 1.82) is 0 Å². The highest BCUT2D eigenvalue weighted by Gasteiger charge is 2.39. The van der Waals surface area contributed by atoms with Gasteiger partial charge in [-0.15, -0.1) is 0 Å². The van der Waals surface area contributed by atoms with Crippen molar-refractivity contribution in [2.75, 3.05) is 13.3 Å². The van der Waals surface area contributed by atoms with Crippen molar-refractivity contribution in [3.05, 3.63) is 0 Å². The topological polar surface area (TPSA) is 18.5 Å². The Morgan fingerprint density at radius 3 is 2.38 bits per heavy atom. The summed E-state index contributed by atoms with van der Waals surface area (Å²) in [4.78, 5) is 8.92. The van der Waals surface area contributed by atoms with Gasteiger partial charge in [-0.25, -0.2) is 14.2 Å². The first-order valence-corrected chi connectivity index (χ1v) is 2.69. The third kappa shape index (κ3) is 0.717. The summed E-state index contributed by atoms with van der Waals surface area (Å²) in [5.74, 6) is 0. The van der Waals surface area contributed by atoms with E-state index in [1.54, 1.807) is 0 Å². The van der Waals surface area contributed by atoms with Crippen LogP contribution in [0.25, 0.3) is 0 Å². The molecule has 1 heterocycles. The van der Waals surface area contributed by atoms with E-state index < -0.39 is 12.3 Å². The van der Waals surface area contributed by atoms with Gasteiger partial charge in [0, 0.05) is 0 Å². The van der Waals surface area contributed by atoms with Gasteiger partial charge in [-0.05, 0) is 6.42 Å². The minimum Gasteiger partial charge on any atom is -0.248 e. The minimum absolute atomic E-state index is 0.403. The third-order valence-electron chi connectivity index (χ3n) is 1.45. The van der Waals surface area contributed by atoms with E-state index in [9.17, 15) is 4.39 Å². The maximum Gasteiger partial charge on any atom is 0.158 e. The van der Waals surface area contributed by atoms with Gasteiger partial charge in [0.25, 0.3) is 0 Å². The van der Waals surface area contributed by atoms with Crippen LogP contribution in [-0.2, 0) is 9.78 Å². The maximum absolute atomic E-state index is 11.9. The van der Waals surface area contributed by atoms with Crippen LogP contribution in [0.2, 0.25) is 0 Å². The van der Waals surface area contributed by atoms with Gasteiger partial charge in [-0.3, -0.25) is 0 Å². The van der Waals surface area contributed by atoms with Crippen molar-refractivity contribution >= 4 is 0 Å². The standard InChI is InChI=1S/C5H9FO2/c1-2-5(3-6)4-7-8-5/h2-4H2,1H3. The second kappa shape index (κ2) is 1.99. The first-order chi connectivity index (χ1) is 3.83. The summed E-state index contributed by atoms with van der Waals surface area (Å²) in [6.45, 7) is 1.84. The molecule has 8 heavy (non-hydrogen) atoms. The van der Waals surface area contributed by atoms with Crippen molar-refractivity contribution in [3.8, 4) is 0 Å². The zero-order valence-electron chi connectivity index (χ0n) is 4.82. The van der Waals surface area contributed by atoms with Crippen LogP contribution in [0, 0.1) is 0 Å². The maximum atomic E-state index is 11.9. The lowest BCUT2D eigenvalue weighted by Crippen LogP contribution is -2.48. The molecular weight excluding hydrogens is 111 g/mol. The zero-order valence-corrected chi connectivity index (χ0v) is 4.82. The summed E-state index contributed by atoms with van der Waals surface area (Å²) >= 11 is 0. The Hall–Kier alpha value is -0.150. The fourth-order valence-corrected chi connectivity index (χ4v) is 0.542. The molecule has 0 spiro atoms. The molecule has 1 atom stereocenters. The minimum atomic E-state index is -0.583. The quantitative estimate of drug-likeness (QED) is 0.507. The Labute approximate surface area is 47.5 Å². The summed E-state index contributed by atoms with van der Waals surface area (Å²) in [6.07, 6.45) is 0.684. The van der Waals surface area contributed by atoms with Crippen LogP contribution in [0.4, 0.5) is 4.39 Å². The summed E-state index contributed by atoms with van der Waals surface area (Å²) < 4.78 is 11.9. The van der Waals surface area contributed by atoms with Crippen LogP contribution in [0.3, 0.4) is 0 Å². The summed E-state index contributed by atoms with van der Waals surface area (Å²) in [7, 11) is 0. The van der Waals surface area contributed by atoms with Crippen molar-refractivity contribution < 1.29 is 14.2 Å². The molecule has 3 heteroatoms. The Balaban J connectivity index is 2.33. The van der Waals surface area contributed by atoms with Gasteiger partial charge in [0.1, 0.15) is 13.3 Å². The van der Waals surface area contributed by atoms with E-state index in [4.69, 9.17) is 0 Å². The molecule has 48 valence electrons. The molecule has 1 aliphatic heterocycles. The lowest BCUT2D eigenvalue weighted by Gasteiger charge is -2.35. The molecule has 0 N–H and O–H groups in total. The molecule has 1 unspecified atom stereocenters. The number of rotatable bonds is 2.